The molecule has 1 rings (SSSR count). The van der Waals surface area contributed by atoms with Gasteiger partial charge in [-0.25, -0.2) is 0 Å². The molecule has 2 N–H and O–H groups in total. The molecular weight excluding hydrogens is 178 g/mol. The molecule has 0 aliphatic rings. The number of carbonyl (C=O) groups is 1. The van der Waals surface area contributed by atoms with Crippen LogP contribution in [0.3, 0.4) is 0 Å². The molecule has 0 aliphatic carbocycles. The van der Waals surface area contributed by atoms with Gasteiger partial charge in [0, 0.05) is 32.9 Å². The average molecular weight is 195 g/mol. The molecule has 0 fully saturated rings. The average Bonchev–Trinajstić information content (AvgIpc) is 2.61. The van der Waals surface area contributed by atoms with Gasteiger partial charge in [-0.2, -0.15) is 0 Å². The monoisotopic (exact) mass is 195 g/mol. The largest absolute Gasteiger partial charge is 0.347 e. The number of hydrogen-bond donors (Lipinski definition) is 1. The highest BCUT2D eigenvalue weighted by Crippen LogP contribution is 2.05. The molecule has 1 aromatic rings. The fourth-order valence-electron chi connectivity index (χ4n) is 1.22. The van der Waals surface area contributed by atoms with E-state index in [1.807, 2.05) is 36.9 Å². The van der Waals surface area contributed by atoms with Crippen molar-refractivity contribution in [2.24, 2.45) is 12.8 Å². The minimum Gasteiger partial charge on any atom is -0.347 e. The number of aromatic nitrogens is 1. The van der Waals surface area contributed by atoms with Gasteiger partial charge >= 0.3 is 0 Å². The van der Waals surface area contributed by atoms with Crippen LogP contribution in [-0.4, -0.2) is 35.0 Å². The van der Waals surface area contributed by atoms with Crippen molar-refractivity contribution >= 4 is 5.91 Å². The predicted molar refractivity (Wildman–Crippen MR) is 56.0 cm³/mol. The quantitative estimate of drug-likeness (QED) is 0.761. The van der Waals surface area contributed by atoms with Crippen LogP contribution in [0, 0.1) is 0 Å². The number of hydrogen-bond acceptors (Lipinski definition) is 2. The lowest BCUT2D eigenvalue weighted by Crippen LogP contribution is -2.40. The Morgan fingerprint density at radius 1 is 1.71 bits per heavy atom. The highest BCUT2D eigenvalue weighted by Gasteiger charge is 2.17. The molecule has 1 unspecified atom stereocenters. The zero-order valence-corrected chi connectivity index (χ0v) is 8.90. The van der Waals surface area contributed by atoms with Gasteiger partial charge in [-0.05, 0) is 19.1 Å². The molecule has 1 amide bonds. The van der Waals surface area contributed by atoms with Gasteiger partial charge in [-0.3, -0.25) is 4.79 Å². The van der Waals surface area contributed by atoms with Gasteiger partial charge in [-0.15, -0.1) is 0 Å². The summed E-state index contributed by atoms with van der Waals surface area (Å²) in [4.78, 5) is 13.5. The number of nitrogens with zero attached hydrogens (tertiary/aromatic N) is 2. The van der Waals surface area contributed by atoms with Crippen LogP contribution >= 0.6 is 0 Å². The third-order valence-corrected chi connectivity index (χ3v) is 2.49. The van der Waals surface area contributed by atoms with Crippen molar-refractivity contribution in [3.8, 4) is 0 Å². The number of amides is 1. The second-order valence-corrected chi connectivity index (χ2v) is 3.51. The van der Waals surface area contributed by atoms with Gasteiger partial charge in [0.15, 0.2) is 0 Å². The minimum absolute atomic E-state index is 0.00968. The molecule has 14 heavy (non-hydrogen) atoms. The standard InChI is InChI=1S/C10H17N3O/c1-8(7-11)13(3)10(14)9-5-4-6-12(9)2/h4-6,8H,7,11H2,1-3H3. The van der Waals surface area contributed by atoms with E-state index >= 15 is 0 Å². The summed E-state index contributed by atoms with van der Waals surface area (Å²) in [7, 11) is 3.63. The Balaban J connectivity index is 2.81. The number of rotatable bonds is 3. The highest BCUT2D eigenvalue weighted by atomic mass is 16.2. The van der Waals surface area contributed by atoms with Gasteiger partial charge in [0.25, 0.3) is 5.91 Å². The van der Waals surface area contributed by atoms with E-state index in [1.165, 1.54) is 0 Å². The molecule has 1 heterocycles. The Bertz CT molecular complexity index is 319. The first-order valence-electron chi connectivity index (χ1n) is 4.66. The van der Waals surface area contributed by atoms with E-state index < -0.39 is 0 Å². The first-order chi connectivity index (χ1) is 6.57. The zero-order chi connectivity index (χ0) is 10.7. The summed E-state index contributed by atoms with van der Waals surface area (Å²) in [6, 6.07) is 3.73. The zero-order valence-electron chi connectivity index (χ0n) is 8.90. The first-order valence-corrected chi connectivity index (χ1v) is 4.66. The molecule has 1 atom stereocenters. The molecule has 0 saturated carbocycles. The van der Waals surface area contributed by atoms with Crippen molar-refractivity contribution in [3.05, 3.63) is 24.0 Å². The number of aryl methyl sites for hydroxylation is 1. The lowest BCUT2D eigenvalue weighted by molar-refractivity contribution is 0.0739. The fourth-order valence-corrected chi connectivity index (χ4v) is 1.22. The van der Waals surface area contributed by atoms with Gasteiger partial charge in [0.05, 0.1) is 0 Å². The molecule has 0 spiro atoms. The Labute approximate surface area is 84.3 Å². The van der Waals surface area contributed by atoms with Crippen molar-refractivity contribution in [3.63, 3.8) is 0 Å². The second kappa shape index (κ2) is 4.28. The Morgan fingerprint density at radius 3 is 2.79 bits per heavy atom. The molecule has 4 nitrogen and oxygen atoms in total. The Hall–Kier alpha value is -1.29. The molecule has 0 radical (unpaired) electrons. The Kier molecular flexibility index (Phi) is 3.30. The lowest BCUT2D eigenvalue weighted by atomic mass is 10.2. The van der Waals surface area contributed by atoms with Gasteiger partial charge in [0.1, 0.15) is 5.69 Å². The molecule has 0 aliphatic heterocycles. The summed E-state index contributed by atoms with van der Waals surface area (Å²) in [5, 5.41) is 0. The van der Waals surface area contributed by atoms with Crippen molar-refractivity contribution in [2.45, 2.75) is 13.0 Å². The van der Waals surface area contributed by atoms with Crippen LogP contribution in [0.1, 0.15) is 17.4 Å². The van der Waals surface area contributed by atoms with E-state index in [0.717, 1.165) is 0 Å². The maximum absolute atomic E-state index is 11.9. The summed E-state index contributed by atoms with van der Waals surface area (Å²) in [6.45, 7) is 2.41. The highest BCUT2D eigenvalue weighted by molar-refractivity contribution is 5.92. The smallest absolute Gasteiger partial charge is 0.270 e. The molecule has 0 bridgehead atoms. The number of nitrogens with two attached hydrogens (primary N) is 1. The van der Waals surface area contributed by atoms with E-state index in [0.29, 0.717) is 12.2 Å². The van der Waals surface area contributed by atoms with Crippen LogP contribution in [0.5, 0.6) is 0 Å². The van der Waals surface area contributed by atoms with Crippen LogP contribution in [0.4, 0.5) is 0 Å². The van der Waals surface area contributed by atoms with E-state index in [4.69, 9.17) is 5.73 Å². The van der Waals surface area contributed by atoms with E-state index in [9.17, 15) is 4.79 Å². The van der Waals surface area contributed by atoms with Crippen molar-refractivity contribution in [2.75, 3.05) is 13.6 Å². The van der Waals surface area contributed by atoms with Crippen molar-refractivity contribution in [1.29, 1.82) is 0 Å². The lowest BCUT2D eigenvalue weighted by Gasteiger charge is -2.23. The van der Waals surface area contributed by atoms with E-state index in [-0.39, 0.29) is 11.9 Å². The Morgan fingerprint density at radius 2 is 2.36 bits per heavy atom. The molecule has 78 valence electrons. The second-order valence-electron chi connectivity index (χ2n) is 3.51. The van der Waals surface area contributed by atoms with Crippen LogP contribution < -0.4 is 5.73 Å². The summed E-state index contributed by atoms with van der Waals surface area (Å²) in [5.41, 5.74) is 6.19. The normalized spacial score (nSPS) is 12.6. The maximum atomic E-state index is 11.9. The van der Waals surface area contributed by atoms with Crippen LogP contribution in [0.15, 0.2) is 18.3 Å². The maximum Gasteiger partial charge on any atom is 0.270 e. The molecule has 1 aromatic heterocycles. The predicted octanol–water partition coefficient (Wildman–Crippen LogP) is 0.444. The summed E-state index contributed by atoms with van der Waals surface area (Å²) >= 11 is 0. The number of likely N-dealkylation sites (N-methyl/N-ethyl adjacent to an activating group) is 1. The summed E-state index contributed by atoms with van der Waals surface area (Å²) in [6.07, 6.45) is 1.86. The third kappa shape index (κ3) is 1.96. The fraction of sp³-hybridized carbons (Fsp3) is 0.500. The van der Waals surface area contributed by atoms with Crippen molar-refractivity contribution < 1.29 is 4.79 Å². The minimum atomic E-state index is 0.00968. The van der Waals surface area contributed by atoms with Crippen molar-refractivity contribution in [1.82, 2.24) is 9.47 Å². The molecular formula is C10H17N3O. The molecule has 0 saturated heterocycles. The SMILES string of the molecule is CC(CN)N(C)C(=O)c1cccn1C. The van der Waals surface area contributed by atoms with Crippen LogP contribution in [0.25, 0.3) is 0 Å². The molecule has 0 aromatic carbocycles. The summed E-state index contributed by atoms with van der Waals surface area (Å²) < 4.78 is 1.81. The first kappa shape index (κ1) is 10.8. The van der Waals surface area contributed by atoms with Gasteiger partial charge in [-0.1, -0.05) is 0 Å². The van der Waals surface area contributed by atoms with Gasteiger partial charge < -0.3 is 15.2 Å². The topological polar surface area (TPSA) is 51.3 Å². The van der Waals surface area contributed by atoms with Crippen LogP contribution in [-0.2, 0) is 7.05 Å². The van der Waals surface area contributed by atoms with E-state index in [1.54, 1.807) is 11.9 Å². The third-order valence-electron chi connectivity index (χ3n) is 2.49. The summed E-state index contributed by atoms with van der Waals surface area (Å²) in [5.74, 6) is 0.00968. The molecule has 4 heteroatoms. The van der Waals surface area contributed by atoms with Gasteiger partial charge in [0.2, 0.25) is 0 Å². The number of carbonyl (C=O) groups excluding carboxylic acids is 1. The van der Waals surface area contributed by atoms with Crippen LogP contribution in [0.2, 0.25) is 0 Å². The van der Waals surface area contributed by atoms with E-state index in [2.05, 4.69) is 0 Å².